The first-order valence-corrected chi connectivity index (χ1v) is 13.1. The largest absolute Gasteiger partial charge is 0.496 e. The maximum atomic E-state index is 13.6. The van der Waals surface area contributed by atoms with Gasteiger partial charge in [0.05, 0.1) is 33.2 Å². The molecule has 3 aromatic carbocycles. The van der Waals surface area contributed by atoms with Crippen molar-refractivity contribution < 1.29 is 9.47 Å². The summed E-state index contributed by atoms with van der Waals surface area (Å²) in [4.78, 5) is 18.5. The van der Waals surface area contributed by atoms with Crippen LogP contribution in [-0.2, 0) is 0 Å². The number of hydrogen-bond donors (Lipinski definition) is 0. The summed E-state index contributed by atoms with van der Waals surface area (Å²) in [6.07, 6.45) is 6.93. The molecule has 188 valence electrons. The molecule has 0 bridgehead atoms. The summed E-state index contributed by atoms with van der Waals surface area (Å²) in [5, 5.41) is 5.09. The van der Waals surface area contributed by atoms with Crippen LogP contribution in [0.1, 0.15) is 36.5 Å². The van der Waals surface area contributed by atoms with Gasteiger partial charge in [0.2, 0.25) is 0 Å². The maximum absolute atomic E-state index is 13.6. The zero-order valence-electron chi connectivity index (χ0n) is 20.9. The summed E-state index contributed by atoms with van der Waals surface area (Å²) in [6, 6.07) is 15.0. The zero-order valence-corrected chi connectivity index (χ0v) is 24.1. The van der Waals surface area contributed by atoms with Crippen LogP contribution in [0.3, 0.4) is 0 Å². The maximum Gasteiger partial charge on any atom is 0.282 e. The molecule has 37 heavy (non-hydrogen) atoms. The Bertz CT molecular complexity index is 1590. The highest BCUT2D eigenvalue weighted by Crippen LogP contribution is 2.35. The zero-order chi connectivity index (χ0) is 26.7. The quantitative estimate of drug-likeness (QED) is 0.166. The highest BCUT2D eigenvalue weighted by molar-refractivity contribution is 9.11. The van der Waals surface area contributed by atoms with Crippen LogP contribution in [0.25, 0.3) is 22.3 Å². The van der Waals surface area contributed by atoms with Gasteiger partial charge in [-0.05, 0) is 97.8 Å². The van der Waals surface area contributed by atoms with Gasteiger partial charge in [-0.3, -0.25) is 4.79 Å². The van der Waals surface area contributed by atoms with E-state index in [1.165, 1.54) is 4.68 Å². The first kappa shape index (κ1) is 26.6. The number of fused-ring (bicyclic) bond motifs is 1. The van der Waals surface area contributed by atoms with Crippen molar-refractivity contribution in [2.45, 2.75) is 26.7 Å². The Morgan fingerprint density at radius 1 is 1.16 bits per heavy atom. The lowest BCUT2D eigenvalue weighted by atomic mass is 9.96. The summed E-state index contributed by atoms with van der Waals surface area (Å²) in [6.45, 7) is 6.32. The molecule has 0 saturated heterocycles. The van der Waals surface area contributed by atoms with Gasteiger partial charge in [-0.15, -0.1) is 6.42 Å². The average Bonchev–Trinajstić information content (AvgIpc) is 2.87. The molecule has 0 aliphatic heterocycles. The van der Waals surface area contributed by atoms with E-state index in [0.717, 1.165) is 28.0 Å². The van der Waals surface area contributed by atoms with E-state index in [9.17, 15) is 4.79 Å². The lowest BCUT2D eigenvalue weighted by Gasteiger charge is -2.17. The molecule has 6 nitrogen and oxygen atoms in total. The Hall–Kier alpha value is -3.41. The second-order valence-corrected chi connectivity index (χ2v) is 10.4. The molecule has 8 heteroatoms. The molecular weight excluding hydrogens is 598 g/mol. The van der Waals surface area contributed by atoms with E-state index in [0.29, 0.717) is 31.4 Å². The van der Waals surface area contributed by atoms with Crippen molar-refractivity contribution >= 4 is 49.0 Å². The third-order valence-corrected chi connectivity index (χ3v) is 7.01. The van der Waals surface area contributed by atoms with Crippen molar-refractivity contribution in [1.82, 2.24) is 9.66 Å². The van der Waals surface area contributed by atoms with E-state index in [-0.39, 0.29) is 18.1 Å². The number of rotatable bonds is 7. The van der Waals surface area contributed by atoms with Gasteiger partial charge < -0.3 is 9.47 Å². The Morgan fingerprint density at radius 2 is 1.86 bits per heavy atom. The fraction of sp³-hybridized carbons (Fsp3) is 0.207. The number of nitrogens with zero attached hydrogens (tertiary/aromatic N) is 3. The molecule has 0 atom stereocenters. The second kappa shape index (κ2) is 11.3. The van der Waals surface area contributed by atoms with Gasteiger partial charge in [0, 0.05) is 5.56 Å². The van der Waals surface area contributed by atoms with E-state index in [1.807, 2.05) is 49.4 Å². The molecule has 1 heterocycles. The van der Waals surface area contributed by atoms with Crippen molar-refractivity contribution in [2.75, 3.05) is 13.7 Å². The fourth-order valence-electron chi connectivity index (χ4n) is 4.00. The molecule has 0 fully saturated rings. The van der Waals surface area contributed by atoms with Gasteiger partial charge in [-0.1, -0.05) is 31.9 Å². The number of aryl methyl sites for hydroxylation is 1. The Balaban J connectivity index is 1.92. The first-order chi connectivity index (χ1) is 17.7. The molecule has 0 unspecified atom stereocenters. The van der Waals surface area contributed by atoms with Crippen LogP contribution in [-0.4, -0.2) is 29.6 Å². The first-order valence-electron chi connectivity index (χ1n) is 11.6. The monoisotopic (exact) mass is 621 g/mol. The molecule has 0 amide bonds. The third-order valence-electron chi connectivity index (χ3n) is 5.84. The summed E-state index contributed by atoms with van der Waals surface area (Å²) >= 11 is 7.04. The Kier molecular flexibility index (Phi) is 8.16. The molecule has 0 spiro atoms. The smallest absolute Gasteiger partial charge is 0.282 e. The molecule has 0 aliphatic carbocycles. The van der Waals surface area contributed by atoms with Crippen LogP contribution >= 0.6 is 31.9 Å². The molecule has 4 aromatic rings. The molecule has 0 aliphatic rings. The van der Waals surface area contributed by atoms with Crippen LogP contribution in [0.4, 0.5) is 0 Å². The van der Waals surface area contributed by atoms with Crippen molar-refractivity contribution in [2.24, 2.45) is 5.10 Å². The second-order valence-electron chi connectivity index (χ2n) is 8.68. The van der Waals surface area contributed by atoms with E-state index in [1.54, 1.807) is 19.4 Å². The Labute approximate surface area is 232 Å². The SMILES string of the molecule is C#CCOc1c(Br)cc(C=Nn2c(-c3cc(C(C)C)c(OC)cc3C)nc3ccccc3c2=O)cc1Br. The molecule has 0 N–H and O–H groups in total. The van der Waals surface area contributed by atoms with Gasteiger partial charge in [0.15, 0.2) is 5.82 Å². The summed E-state index contributed by atoms with van der Waals surface area (Å²) in [5.41, 5.74) is 3.85. The minimum atomic E-state index is -0.259. The predicted octanol–water partition coefficient (Wildman–Crippen LogP) is 6.92. The van der Waals surface area contributed by atoms with Crippen molar-refractivity contribution in [3.63, 3.8) is 0 Å². The predicted molar refractivity (Wildman–Crippen MR) is 156 cm³/mol. The number of ether oxygens (including phenoxy) is 2. The van der Waals surface area contributed by atoms with Crippen LogP contribution < -0.4 is 15.0 Å². The minimum absolute atomic E-state index is 0.145. The molecule has 0 saturated carbocycles. The third kappa shape index (κ3) is 5.48. The fourth-order valence-corrected chi connectivity index (χ4v) is 5.45. The molecule has 1 aromatic heterocycles. The molecular formula is C29H25Br2N3O3. The molecule has 4 rings (SSSR count). The van der Waals surface area contributed by atoms with E-state index in [4.69, 9.17) is 20.9 Å². The van der Waals surface area contributed by atoms with Gasteiger partial charge in [-0.2, -0.15) is 9.78 Å². The molecule has 0 radical (unpaired) electrons. The lowest BCUT2D eigenvalue weighted by Crippen LogP contribution is -2.20. The van der Waals surface area contributed by atoms with Gasteiger partial charge in [0.25, 0.3) is 5.56 Å². The van der Waals surface area contributed by atoms with Crippen molar-refractivity contribution in [1.29, 1.82) is 0 Å². The van der Waals surface area contributed by atoms with E-state index < -0.39 is 0 Å². The van der Waals surface area contributed by atoms with Gasteiger partial charge >= 0.3 is 0 Å². The standard InChI is InChI=1S/C29H25Br2N3O3/c1-6-11-37-27-23(30)13-19(14-24(27)31)16-32-34-28(33-25-10-8-7-9-20(25)29(34)35)22-15-21(17(2)3)26(36-5)12-18(22)4/h1,7-10,12-17H,11H2,2-5H3. The van der Waals surface area contributed by atoms with Crippen LogP contribution in [0.15, 0.2) is 67.4 Å². The average molecular weight is 623 g/mol. The highest BCUT2D eigenvalue weighted by Gasteiger charge is 2.18. The Morgan fingerprint density at radius 3 is 2.51 bits per heavy atom. The number of halogens is 2. The number of benzene rings is 3. The lowest BCUT2D eigenvalue weighted by molar-refractivity contribution is 0.365. The summed E-state index contributed by atoms with van der Waals surface area (Å²) < 4.78 is 14.0. The topological polar surface area (TPSA) is 65.7 Å². The minimum Gasteiger partial charge on any atom is -0.496 e. The number of hydrogen-bond acceptors (Lipinski definition) is 5. The van der Waals surface area contributed by atoms with Crippen LogP contribution in [0.2, 0.25) is 0 Å². The van der Waals surface area contributed by atoms with Crippen molar-refractivity contribution in [3.8, 4) is 35.2 Å². The van der Waals surface area contributed by atoms with Gasteiger partial charge in [-0.25, -0.2) is 4.98 Å². The number of para-hydroxylation sites is 1. The van der Waals surface area contributed by atoms with Crippen molar-refractivity contribution in [3.05, 3.63) is 84.5 Å². The number of methoxy groups -OCH3 is 1. The van der Waals surface area contributed by atoms with E-state index in [2.05, 4.69) is 56.7 Å². The normalized spacial score (nSPS) is 11.3. The number of terminal acetylenes is 1. The summed E-state index contributed by atoms with van der Waals surface area (Å²) in [7, 11) is 1.66. The van der Waals surface area contributed by atoms with Crippen LogP contribution in [0, 0.1) is 19.3 Å². The summed E-state index contributed by atoms with van der Waals surface area (Å²) in [5.74, 6) is 4.51. The van der Waals surface area contributed by atoms with Gasteiger partial charge in [0.1, 0.15) is 18.1 Å². The van der Waals surface area contributed by atoms with Crippen LogP contribution in [0.5, 0.6) is 11.5 Å². The number of aromatic nitrogens is 2. The highest BCUT2D eigenvalue weighted by atomic mass is 79.9. The van der Waals surface area contributed by atoms with E-state index >= 15 is 0 Å².